The fourth-order valence-corrected chi connectivity index (χ4v) is 2.30. The van der Waals surface area contributed by atoms with E-state index in [-0.39, 0.29) is 5.92 Å². The molecule has 3 heteroatoms. The molecular weight excluding hydrogens is 194 g/mol. The molecule has 2 rings (SSSR count). The summed E-state index contributed by atoms with van der Waals surface area (Å²) in [7, 11) is 0. The minimum absolute atomic E-state index is 0.247. The van der Waals surface area contributed by atoms with E-state index in [0.29, 0.717) is 18.1 Å². The number of hydrogen-bond donors (Lipinski definition) is 0. The molecule has 1 unspecified atom stereocenters. The number of carbonyl (C=O) groups is 1. The van der Waals surface area contributed by atoms with E-state index in [4.69, 9.17) is 0 Å². The maximum atomic E-state index is 11.8. The molecule has 1 aromatic rings. The van der Waals surface area contributed by atoms with Crippen LogP contribution in [-0.4, -0.2) is 10.8 Å². The van der Waals surface area contributed by atoms with Crippen molar-refractivity contribution in [2.24, 2.45) is 11.8 Å². The number of rotatable bonds is 4. The Morgan fingerprint density at radius 3 is 2.93 bits per heavy atom. The van der Waals surface area contributed by atoms with Gasteiger partial charge in [0.25, 0.3) is 0 Å². The lowest BCUT2D eigenvalue weighted by atomic mass is 9.98. The van der Waals surface area contributed by atoms with Gasteiger partial charge in [-0.05, 0) is 25.7 Å². The average Bonchev–Trinajstić information content (AvgIpc) is 2.91. The molecular formula is C11H15NOS. The lowest BCUT2D eigenvalue weighted by Gasteiger charge is -2.06. The van der Waals surface area contributed by atoms with Crippen LogP contribution in [-0.2, 0) is 11.2 Å². The standard InChI is InChI=1S/C11H15NOS/c1-7(9-3-4-9)11(13)5-10-6-14-8(2)12-10/h6-7,9H,3-5H2,1-2H3. The highest BCUT2D eigenvalue weighted by atomic mass is 32.1. The highest BCUT2D eigenvalue weighted by Gasteiger charge is 2.32. The van der Waals surface area contributed by atoms with E-state index < -0.39 is 0 Å². The van der Waals surface area contributed by atoms with Crippen molar-refractivity contribution in [1.82, 2.24) is 4.98 Å². The van der Waals surface area contributed by atoms with Crippen molar-refractivity contribution in [3.8, 4) is 0 Å². The quantitative estimate of drug-likeness (QED) is 0.763. The van der Waals surface area contributed by atoms with Crippen molar-refractivity contribution in [2.75, 3.05) is 0 Å². The van der Waals surface area contributed by atoms with E-state index >= 15 is 0 Å². The Morgan fingerprint density at radius 2 is 2.43 bits per heavy atom. The van der Waals surface area contributed by atoms with Crippen molar-refractivity contribution in [3.63, 3.8) is 0 Å². The molecule has 0 bridgehead atoms. The number of aromatic nitrogens is 1. The Bertz CT molecular complexity index is 341. The molecule has 0 spiro atoms. The highest BCUT2D eigenvalue weighted by molar-refractivity contribution is 7.09. The number of nitrogens with zero attached hydrogens (tertiary/aromatic N) is 1. The van der Waals surface area contributed by atoms with Crippen LogP contribution in [0.15, 0.2) is 5.38 Å². The molecule has 0 radical (unpaired) electrons. The summed E-state index contributed by atoms with van der Waals surface area (Å²) in [6, 6.07) is 0. The zero-order valence-electron chi connectivity index (χ0n) is 8.62. The van der Waals surface area contributed by atoms with Crippen molar-refractivity contribution in [1.29, 1.82) is 0 Å². The van der Waals surface area contributed by atoms with Crippen LogP contribution >= 0.6 is 11.3 Å². The van der Waals surface area contributed by atoms with Gasteiger partial charge in [0, 0.05) is 17.7 Å². The minimum Gasteiger partial charge on any atom is -0.299 e. The zero-order chi connectivity index (χ0) is 10.1. The second-order valence-corrected chi connectivity index (χ2v) is 5.19. The molecule has 0 aliphatic heterocycles. The summed E-state index contributed by atoms with van der Waals surface area (Å²) in [4.78, 5) is 16.1. The Kier molecular flexibility index (Phi) is 2.68. The molecule has 1 atom stereocenters. The van der Waals surface area contributed by atoms with Gasteiger partial charge in [0.15, 0.2) is 0 Å². The van der Waals surface area contributed by atoms with Crippen LogP contribution in [0.25, 0.3) is 0 Å². The summed E-state index contributed by atoms with van der Waals surface area (Å²) in [6.07, 6.45) is 3.01. The van der Waals surface area contributed by atoms with Crippen LogP contribution in [0.3, 0.4) is 0 Å². The normalized spacial score (nSPS) is 18.1. The van der Waals surface area contributed by atoms with Gasteiger partial charge in [-0.3, -0.25) is 4.79 Å². The molecule has 0 aromatic carbocycles. The van der Waals surface area contributed by atoms with Crippen molar-refractivity contribution in [3.05, 3.63) is 16.1 Å². The second-order valence-electron chi connectivity index (χ2n) is 4.13. The van der Waals surface area contributed by atoms with Gasteiger partial charge in [0.05, 0.1) is 10.7 Å². The number of thiazole rings is 1. The van der Waals surface area contributed by atoms with E-state index in [2.05, 4.69) is 11.9 Å². The SMILES string of the molecule is Cc1nc(CC(=O)C(C)C2CC2)cs1. The van der Waals surface area contributed by atoms with E-state index in [1.54, 1.807) is 11.3 Å². The summed E-state index contributed by atoms with van der Waals surface area (Å²) in [6.45, 7) is 4.03. The predicted octanol–water partition coefficient (Wildman–Crippen LogP) is 2.61. The number of carbonyl (C=O) groups excluding carboxylic acids is 1. The van der Waals surface area contributed by atoms with Gasteiger partial charge in [-0.25, -0.2) is 4.98 Å². The first-order chi connectivity index (χ1) is 6.66. The summed E-state index contributed by atoms with van der Waals surface area (Å²) in [5.74, 6) is 1.28. The minimum atomic E-state index is 0.247. The molecule has 1 saturated carbocycles. The Labute approximate surface area is 88.4 Å². The summed E-state index contributed by atoms with van der Waals surface area (Å²) < 4.78 is 0. The van der Waals surface area contributed by atoms with Crippen LogP contribution in [0.5, 0.6) is 0 Å². The third kappa shape index (κ3) is 2.21. The van der Waals surface area contributed by atoms with Crippen molar-refractivity contribution >= 4 is 17.1 Å². The topological polar surface area (TPSA) is 30.0 Å². The predicted molar refractivity (Wildman–Crippen MR) is 57.5 cm³/mol. The highest BCUT2D eigenvalue weighted by Crippen LogP contribution is 2.37. The summed E-state index contributed by atoms with van der Waals surface area (Å²) >= 11 is 1.62. The number of ketones is 1. The molecule has 14 heavy (non-hydrogen) atoms. The van der Waals surface area contributed by atoms with Crippen molar-refractivity contribution < 1.29 is 4.79 Å². The monoisotopic (exact) mass is 209 g/mol. The van der Waals surface area contributed by atoms with Gasteiger partial charge in [0.1, 0.15) is 5.78 Å². The van der Waals surface area contributed by atoms with Gasteiger partial charge in [-0.2, -0.15) is 0 Å². The summed E-state index contributed by atoms with van der Waals surface area (Å²) in [5.41, 5.74) is 0.949. The van der Waals surface area contributed by atoms with Crippen LogP contribution < -0.4 is 0 Å². The molecule has 0 saturated heterocycles. The molecule has 2 nitrogen and oxygen atoms in total. The molecule has 76 valence electrons. The Morgan fingerprint density at radius 1 is 1.71 bits per heavy atom. The lowest BCUT2D eigenvalue weighted by Crippen LogP contribution is -2.15. The largest absolute Gasteiger partial charge is 0.299 e. The van der Waals surface area contributed by atoms with E-state index in [1.165, 1.54) is 12.8 Å². The Balaban J connectivity index is 1.93. The first-order valence-corrected chi connectivity index (χ1v) is 5.98. The fourth-order valence-electron chi connectivity index (χ4n) is 1.69. The molecule has 1 fully saturated rings. The summed E-state index contributed by atoms with van der Waals surface area (Å²) in [5, 5.41) is 3.04. The first kappa shape index (κ1) is 9.84. The zero-order valence-corrected chi connectivity index (χ0v) is 9.43. The molecule has 1 aliphatic rings. The van der Waals surface area contributed by atoms with E-state index in [9.17, 15) is 4.79 Å². The Hall–Kier alpha value is -0.700. The van der Waals surface area contributed by atoms with Gasteiger partial charge in [-0.1, -0.05) is 6.92 Å². The smallest absolute Gasteiger partial charge is 0.141 e. The second kappa shape index (κ2) is 3.81. The molecule has 0 N–H and O–H groups in total. The van der Waals surface area contributed by atoms with Crippen molar-refractivity contribution in [2.45, 2.75) is 33.1 Å². The average molecular weight is 209 g/mol. The van der Waals surface area contributed by atoms with Gasteiger partial charge in [0.2, 0.25) is 0 Å². The molecule has 1 heterocycles. The number of hydrogen-bond acceptors (Lipinski definition) is 3. The van der Waals surface area contributed by atoms with Crippen LogP contribution in [0.4, 0.5) is 0 Å². The van der Waals surface area contributed by atoms with Gasteiger partial charge >= 0.3 is 0 Å². The third-order valence-corrected chi connectivity index (χ3v) is 3.68. The molecule has 0 amide bonds. The number of Topliss-reactive ketones (excluding diaryl/α,β-unsaturated/α-hetero) is 1. The van der Waals surface area contributed by atoms with E-state index in [0.717, 1.165) is 10.7 Å². The van der Waals surface area contributed by atoms with Crippen LogP contribution in [0.2, 0.25) is 0 Å². The first-order valence-electron chi connectivity index (χ1n) is 5.10. The van der Waals surface area contributed by atoms with Crippen LogP contribution in [0, 0.1) is 18.8 Å². The fraction of sp³-hybridized carbons (Fsp3) is 0.636. The molecule has 1 aliphatic carbocycles. The maximum absolute atomic E-state index is 11.8. The number of aryl methyl sites for hydroxylation is 1. The third-order valence-electron chi connectivity index (χ3n) is 2.86. The van der Waals surface area contributed by atoms with E-state index in [1.807, 2.05) is 12.3 Å². The van der Waals surface area contributed by atoms with Gasteiger partial charge in [-0.15, -0.1) is 11.3 Å². The maximum Gasteiger partial charge on any atom is 0.141 e. The lowest BCUT2D eigenvalue weighted by molar-refractivity contribution is -0.122. The van der Waals surface area contributed by atoms with Gasteiger partial charge < -0.3 is 0 Å². The molecule has 1 aromatic heterocycles. The van der Waals surface area contributed by atoms with Crippen LogP contribution in [0.1, 0.15) is 30.5 Å².